The van der Waals surface area contributed by atoms with E-state index in [1.165, 1.54) is 12.1 Å². The lowest BCUT2D eigenvalue weighted by molar-refractivity contribution is -0.361. The summed E-state index contributed by atoms with van der Waals surface area (Å²) < 4.78 is 94.8. The summed E-state index contributed by atoms with van der Waals surface area (Å²) in [5.74, 6) is -5.85. The quantitative estimate of drug-likeness (QED) is 0.133. The van der Waals surface area contributed by atoms with Gasteiger partial charge in [0.15, 0.2) is 0 Å². The van der Waals surface area contributed by atoms with Crippen LogP contribution in [0.3, 0.4) is 0 Å². The van der Waals surface area contributed by atoms with Crippen molar-refractivity contribution in [3.05, 3.63) is 61.6 Å². The molecule has 0 heterocycles. The van der Waals surface area contributed by atoms with Gasteiger partial charge in [0.05, 0.1) is 14.3 Å². The standard InChI is InChI=1S/C17H11BrF7IN2O/c18-12-6-11(8-27-28-17(24,25)15(19,20)16(21,22)23)7-13(26)14(12)29-9-10-4-2-1-3-5-10/h1-8,28H,9H2/b27-8+. The molecule has 0 aliphatic rings. The van der Waals surface area contributed by atoms with Crippen molar-refractivity contribution < 1.29 is 35.5 Å². The van der Waals surface area contributed by atoms with E-state index < -0.39 is 18.1 Å². The van der Waals surface area contributed by atoms with Gasteiger partial charge in [-0.3, -0.25) is 0 Å². The monoisotopic (exact) mass is 598 g/mol. The molecule has 0 aliphatic heterocycles. The van der Waals surface area contributed by atoms with Crippen LogP contribution >= 0.6 is 38.5 Å². The highest BCUT2D eigenvalue weighted by Crippen LogP contribution is 2.45. The molecule has 0 radical (unpaired) electrons. The lowest BCUT2D eigenvalue weighted by atomic mass is 10.2. The smallest absolute Gasteiger partial charge is 0.462 e. The number of benzene rings is 2. The van der Waals surface area contributed by atoms with E-state index in [2.05, 4.69) is 21.0 Å². The molecule has 0 spiro atoms. The van der Waals surface area contributed by atoms with E-state index in [1.807, 2.05) is 52.9 Å². The summed E-state index contributed by atoms with van der Waals surface area (Å²) in [7, 11) is 0. The Bertz CT molecular complexity index is 853. The topological polar surface area (TPSA) is 33.6 Å². The van der Waals surface area contributed by atoms with Gasteiger partial charge >= 0.3 is 18.1 Å². The first-order chi connectivity index (χ1) is 13.3. The predicted octanol–water partition coefficient (Wildman–Crippen LogP) is 6.35. The predicted molar refractivity (Wildman–Crippen MR) is 104 cm³/mol. The number of hydrazone groups is 1. The van der Waals surface area contributed by atoms with Crippen molar-refractivity contribution in [2.75, 3.05) is 0 Å². The van der Waals surface area contributed by atoms with Gasteiger partial charge in [-0.2, -0.15) is 35.8 Å². The number of alkyl halides is 7. The molecule has 158 valence electrons. The Morgan fingerprint density at radius 2 is 1.66 bits per heavy atom. The van der Waals surface area contributed by atoms with Crippen molar-refractivity contribution in [1.29, 1.82) is 0 Å². The minimum Gasteiger partial charge on any atom is -0.487 e. The van der Waals surface area contributed by atoms with Crippen LogP contribution in [0.1, 0.15) is 11.1 Å². The van der Waals surface area contributed by atoms with Crippen molar-refractivity contribution in [1.82, 2.24) is 5.43 Å². The van der Waals surface area contributed by atoms with Crippen LogP contribution in [0.25, 0.3) is 0 Å². The molecule has 2 aromatic rings. The van der Waals surface area contributed by atoms with Gasteiger partial charge in [0.2, 0.25) is 0 Å². The fourth-order valence-electron chi connectivity index (χ4n) is 1.96. The maximum atomic E-state index is 13.2. The summed E-state index contributed by atoms with van der Waals surface area (Å²) in [4.78, 5) is 0. The molecule has 2 aromatic carbocycles. The number of hydrogen-bond acceptors (Lipinski definition) is 3. The molecule has 2 rings (SSSR count). The van der Waals surface area contributed by atoms with Crippen molar-refractivity contribution >= 4 is 44.7 Å². The van der Waals surface area contributed by atoms with E-state index in [0.29, 0.717) is 25.4 Å². The van der Waals surface area contributed by atoms with Crippen LogP contribution in [-0.2, 0) is 6.61 Å². The van der Waals surface area contributed by atoms with Gasteiger partial charge in [0.25, 0.3) is 0 Å². The Balaban J connectivity index is 2.10. The number of nitrogens with zero attached hydrogens (tertiary/aromatic N) is 1. The van der Waals surface area contributed by atoms with E-state index in [0.717, 1.165) is 5.56 Å². The first kappa shape index (κ1) is 23.7. The van der Waals surface area contributed by atoms with Gasteiger partial charge in [-0.05, 0) is 61.8 Å². The van der Waals surface area contributed by atoms with E-state index in [-0.39, 0.29) is 12.2 Å². The van der Waals surface area contributed by atoms with E-state index in [1.54, 1.807) is 0 Å². The average molecular weight is 599 g/mol. The van der Waals surface area contributed by atoms with Crippen LogP contribution in [0.4, 0.5) is 30.7 Å². The third kappa shape index (κ3) is 5.74. The van der Waals surface area contributed by atoms with Crippen molar-refractivity contribution in [3.63, 3.8) is 0 Å². The van der Waals surface area contributed by atoms with Crippen LogP contribution in [0.2, 0.25) is 0 Å². The van der Waals surface area contributed by atoms with Crippen LogP contribution < -0.4 is 10.2 Å². The van der Waals surface area contributed by atoms with E-state index >= 15 is 0 Å². The molecule has 0 saturated heterocycles. The van der Waals surface area contributed by atoms with Crippen LogP contribution in [0.5, 0.6) is 5.75 Å². The zero-order valence-corrected chi connectivity index (χ0v) is 17.8. The molecular weight excluding hydrogens is 588 g/mol. The Morgan fingerprint density at radius 1 is 1.03 bits per heavy atom. The zero-order chi connectivity index (χ0) is 21.9. The summed E-state index contributed by atoms with van der Waals surface area (Å²) >= 11 is 5.12. The highest BCUT2D eigenvalue weighted by Gasteiger charge is 2.73. The largest absolute Gasteiger partial charge is 0.487 e. The molecular formula is C17H11BrF7IN2O. The van der Waals surface area contributed by atoms with Gasteiger partial charge in [-0.15, -0.1) is 0 Å². The normalized spacial score (nSPS) is 13.0. The first-order valence-corrected chi connectivity index (χ1v) is 9.50. The van der Waals surface area contributed by atoms with Crippen molar-refractivity contribution in [2.45, 2.75) is 24.8 Å². The highest BCUT2D eigenvalue weighted by molar-refractivity contribution is 14.1. The Labute approximate surface area is 182 Å². The maximum Gasteiger partial charge on any atom is 0.462 e. The summed E-state index contributed by atoms with van der Waals surface area (Å²) in [5.41, 5.74) is 1.63. The van der Waals surface area contributed by atoms with Gasteiger partial charge in [0, 0.05) is 0 Å². The molecule has 0 fully saturated rings. The van der Waals surface area contributed by atoms with E-state index in [4.69, 9.17) is 4.74 Å². The number of hydrogen-bond donors (Lipinski definition) is 1. The Morgan fingerprint density at radius 3 is 2.21 bits per heavy atom. The molecule has 0 unspecified atom stereocenters. The summed E-state index contributed by atoms with van der Waals surface area (Å²) in [6, 6.07) is 6.41. The summed E-state index contributed by atoms with van der Waals surface area (Å²) in [6.45, 7) is 0.253. The van der Waals surface area contributed by atoms with Crippen LogP contribution in [-0.4, -0.2) is 24.4 Å². The average Bonchev–Trinajstić information content (AvgIpc) is 2.60. The second-order valence-corrected chi connectivity index (χ2v) is 7.62. The third-order valence-electron chi connectivity index (χ3n) is 3.42. The summed E-state index contributed by atoms with van der Waals surface area (Å²) in [6.07, 6.45) is -5.75. The second kappa shape index (κ2) is 9.06. The fourth-order valence-corrected chi connectivity index (χ4v) is 3.73. The molecule has 0 amide bonds. The number of rotatable bonds is 7. The number of halogens is 9. The van der Waals surface area contributed by atoms with Gasteiger partial charge in [-0.25, -0.2) is 5.43 Å². The second-order valence-electron chi connectivity index (χ2n) is 5.60. The van der Waals surface area contributed by atoms with Gasteiger partial charge in [0.1, 0.15) is 12.4 Å². The minimum absolute atomic E-state index is 0.159. The Kier molecular flexibility index (Phi) is 7.41. The molecule has 3 nitrogen and oxygen atoms in total. The maximum absolute atomic E-state index is 13.2. The molecule has 0 atom stereocenters. The van der Waals surface area contributed by atoms with Crippen LogP contribution in [0.15, 0.2) is 52.0 Å². The molecule has 1 N–H and O–H groups in total. The highest BCUT2D eigenvalue weighted by atomic mass is 127. The molecule has 0 aliphatic carbocycles. The summed E-state index contributed by atoms with van der Waals surface area (Å²) in [5, 5.41) is 2.83. The molecule has 29 heavy (non-hydrogen) atoms. The van der Waals surface area contributed by atoms with Crippen LogP contribution in [0, 0.1) is 3.57 Å². The van der Waals surface area contributed by atoms with Crippen molar-refractivity contribution in [3.8, 4) is 5.75 Å². The SMILES string of the molecule is FC(F)(F)C(F)(F)C(F)(F)N/N=C/c1cc(Br)c(OCc2ccccc2)c(I)c1. The lowest BCUT2D eigenvalue weighted by Crippen LogP contribution is -2.58. The fraction of sp³-hybridized carbons (Fsp3) is 0.235. The molecule has 12 heteroatoms. The zero-order valence-electron chi connectivity index (χ0n) is 14.1. The minimum atomic E-state index is -6.44. The number of ether oxygens (including phenoxy) is 1. The third-order valence-corrected chi connectivity index (χ3v) is 4.81. The van der Waals surface area contributed by atoms with Gasteiger partial charge < -0.3 is 4.74 Å². The molecule has 0 bridgehead atoms. The Hall–Kier alpha value is -1.57. The lowest BCUT2D eigenvalue weighted by Gasteiger charge is -2.27. The molecule has 0 aromatic heterocycles. The van der Waals surface area contributed by atoms with E-state index in [9.17, 15) is 30.7 Å². The molecule has 0 saturated carbocycles. The van der Waals surface area contributed by atoms with Gasteiger partial charge in [-0.1, -0.05) is 30.3 Å². The number of nitrogens with one attached hydrogen (secondary N) is 1. The van der Waals surface area contributed by atoms with Crippen molar-refractivity contribution in [2.24, 2.45) is 5.10 Å². The first-order valence-electron chi connectivity index (χ1n) is 7.63.